The van der Waals surface area contributed by atoms with Gasteiger partial charge in [-0.25, -0.2) is 8.42 Å². The molecule has 2 N–H and O–H groups in total. The van der Waals surface area contributed by atoms with Gasteiger partial charge in [0.1, 0.15) is 5.75 Å². The quantitative estimate of drug-likeness (QED) is 0.901. The van der Waals surface area contributed by atoms with Crippen molar-refractivity contribution in [2.24, 2.45) is 5.73 Å². The Labute approximate surface area is 114 Å². The number of benzene rings is 1. The largest absolute Gasteiger partial charge is 0.491 e. The molecule has 0 unspecified atom stereocenters. The third-order valence-electron chi connectivity index (χ3n) is 3.02. The van der Waals surface area contributed by atoms with Crippen molar-refractivity contribution in [3.8, 4) is 5.75 Å². The summed E-state index contributed by atoms with van der Waals surface area (Å²) >= 11 is 0. The molecule has 0 aromatic heterocycles. The lowest BCUT2D eigenvalue weighted by Gasteiger charge is -2.16. The molecule has 1 aliphatic heterocycles. The van der Waals surface area contributed by atoms with Gasteiger partial charge in [0.05, 0.1) is 11.0 Å². The Morgan fingerprint density at radius 2 is 1.95 bits per heavy atom. The molecule has 0 spiro atoms. The van der Waals surface area contributed by atoms with Crippen LogP contribution in [-0.2, 0) is 10.0 Å². The first-order chi connectivity index (χ1) is 8.89. The van der Waals surface area contributed by atoms with Crippen molar-refractivity contribution in [2.75, 3.05) is 13.1 Å². The maximum atomic E-state index is 12.3. The van der Waals surface area contributed by atoms with E-state index in [-0.39, 0.29) is 17.0 Å². The molecule has 1 aliphatic rings. The second-order valence-electron chi connectivity index (χ2n) is 5.05. The lowest BCUT2D eigenvalue weighted by atomic mass is 10.3. The van der Waals surface area contributed by atoms with Crippen molar-refractivity contribution in [2.45, 2.75) is 37.3 Å². The van der Waals surface area contributed by atoms with Crippen molar-refractivity contribution in [1.82, 2.24) is 4.31 Å². The molecule has 1 heterocycles. The summed E-state index contributed by atoms with van der Waals surface area (Å²) in [6.07, 6.45) is 0.785. The average molecular weight is 284 g/mol. The predicted octanol–water partition coefficient (Wildman–Crippen LogP) is 1.20. The normalized spacial score (nSPS) is 20.9. The SMILES string of the molecule is CC(C)Oc1ccc(S(=O)(=O)N2CC[C@@H](N)C2)cc1. The van der Waals surface area contributed by atoms with Crippen LogP contribution in [0, 0.1) is 0 Å². The minimum atomic E-state index is -3.42. The minimum Gasteiger partial charge on any atom is -0.491 e. The molecule has 1 saturated heterocycles. The van der Waals surface area contributed by atoms with E-state index in [1.165, 1.54) is 4.31 Å². The topological polar surface area (TPSA) is 72.6 Å². The van der Waals surface area contributed by atoms with E-state index in [0.717, 1.165) is 0 Å². The summed E-state index contributed by atoms with van der Waals surface area (Å²) in [4.78, 5) is 0.290. The molecule has 1 aromatic rings. The molecular weight excluding hydrogens is 264 g/mol. The lowest BCUT2D eigenvalue weighted by molar-refractivity contribution is 0.242. The summed E-state index contributed by atoms with van der Waals surface area (Å²) in [5.74, 6) is 0.673. The van der Waals surface area contributed by atoms with E-state index in [2.05, 4.69) is 0 Å². The fourth-order valence-corrected chi connectivity index (χ4v) is 3.60. The van der Waals surface area contributed by atoms with Crippen molar-refractivity contribution in [3.63, 3.8) is 0 Å². The van der Waals surface area contributed by atoms with Crippen LogP contribution in [0.3, 0.4) is 0 Å². The van der Waals surface area contributed by atoms with Gasteiger partial charge in [0.25, 0.3) is 0 Å². The molecule has 0 aliphatic carbocycles. The Kier molecular flexibility index (Phi) is 4.13. The summed E-state index contributed by atoms with van der Waals surface area (Å²) in [7, 11) is -3.42. The summed E-state index contributed by atoms with van der Waals surface area (Å²) in [5.41, 5.74) is 5.75. The lowest BCUT2D eigenvalue weighted by Crippen LogP contribution is -2.31. The average Bonchev–Trinajstić information content (AvgIpc) is 2.76. The minimum absolute atomic E-state index is 0.0571. The summed E-state index contributed by atoms with van der Waals surface area (Å²) in [6, 6.07) is 6.47. The second kappa shape index (κ2) is 5.48. The molecule has 5 nitrogen and oxygen atoms in total. The fraction of sp³-hybridized carbons (Fsp3) is 0.538. The van der Waals surface area contributed by atoms with Gasteiger partial charge in [-0.1, -0.05) is 0 Å². The summed E-state index contributed by atoms with van der Waals surface area (Å²) in [6.45, 7) is 4.74. The van der Waals surface area contributed by atoms with Crippen LogP contribution in [0.5, 0.6) is 5.75 Å². The zero-order valence-corrected chi connectivity index (χ0v) is 12.1. The van der Waals surface area contributed by atoms with Gasteiger partial charge in [0, 0.05) is 19.1 Å². The first kappa shape index (κ1) is 14.3. The highest BCUT2D eigenvalue weighted by molar-refractivity contribution is 7.89. The highest BCUT2D eigenvalue weighted by Crippen LogP contribution is 2.23. The van der Waals surface area contributed by atoms with Crippen LogP contribution in [-0.4, -0.2) is 38.0 Å². The highest BCUT2D eigenvalue weighted by Gasteiger charge is 2.30. The molecule has 0 radical (unpaired) electrons. The maximum absolute atomic E-state index is 12.3. The summed E-state index contributed by atoms with van der Waals surface area (Å²) < 4.78 is 31.6. The molecule has 1 aromatic carbocycles. The van der Waals surface area contributed by atoms with Crippen LogP contribution < -0.4 is 10.5 Å². The second-order valence-corrected chi connectivity index (χ2v) is 6.99. The number of hydrogen-bond donors (Lipinski definition) is 1. The van der Waals surface area contributed by atoms with Gasteiger partial charge in [-0.3, -0.25) is 0 Å². The van der Waals surface area contributed by atoms with E-state index < -0.39 is 10.0 Å². The maximum Gasteiger partial charge on any atom is 0.243 e. The van der Waals surface area contributed by atoms with Crippen LogP contribution >= 0.6 is 0 Å². The zero-order chi connectivity index (χ0) is 14.0. The Morgan fingerprint density at radius 3 is 2.42 bits per heavy atom. The van der Waals surface area contributed by atoms with E-state index >= 15 is 0 Å². The number of nitrogens with zero attached hydrogens (tertiary/aromatic N) is 1. The molecule has 1 fully saturated rings. The molecular formula is C13H20N2O3S. The van der Waals surface area contributed by atoms with E-state index in [1.807, 2.05) is 13.8 Å². The number of ether oxygens (including phenoxy) is 1. The number of sulfonamides is 1. The number of hydrogen-bond acceptors (Lipinski definition) is 4. The third-order valence-corrected chi connectivity index (χ3v) is 4.90. The van der Waals surface area contributed by atoms with E-state index in [0.29, 0.717) is 25.3 Å². The Morgan fingerprint density at radius 1 is 1.32 bits per heavy atom. The molecule has 6 heteroatoms. The van der Waals surface area contributed by atoms with Gasteiger partial charge in [0.15, 0.2) is 0 Å². The molecule has 1 atom stereocenters. The first-order valence-electron chi connectivity index (χ1n) is 6.42. The van der Waals surface area contributed by atoms with Crippen LogP contribution in [0.4, 0.5) is 0 Å². The Hall–Kier alpha value is -1.11. The van der Waals surface area contributed by atoms with E-state index in [4.69, 9.17) is 10.5 Å². The van der Waals surface area contributed by atoms with E-state index in [9.17, 15) is 8.42 Å². The van der Waals surface area contributed by atoms with Crippen LogP contribution in [0.2, 0.25) is 0 Å². The standard InChI is InChI=1S/C13H20N2O3S/c1-10(2)18-12-3-5-13(6-4-12)19(16,17)15-8-7-11(14)9-15/h3-6,10-11H,7-9,14H2,1-2H3/t11-/m1/s1. The van der Waals surface area contributed by atoms with Gasteiger partial charge < -0.3 is 10.5 Å². The van der Waals surface area contributed by atoms with E-state index in [1.54, 1.807) is 24.3 Å². The van der Waals surface area contributed by atoms with Gasteiger partial charge in [0.2, 0.25) is 10.0 Å². The van der Waals surface area contributed by atoms with Crippen molar-refractivity contribution < 1.29 is 13.2 Å². The Balaban J connectivity index is 2.17. The van der Waals surface area contributed by atoms with Gasteiger partial charge in [-0.05, 0) is 44.5 Å². The molecule has 0 bridgehead atoms. The molecule has 2 rings (SSSR count). The fourth-order valence-electron chi connectivity index (χ4n) is 2.08. The Bertz CT molecular complexity index is 525. The highest BCUT2D eigenvalue weighted by atomic mass is 32.2. The zero-order valence-electron chi connectivity index (χ0n) is 11.2. The van der Waals surface area contributed by atoms with Crippen molar-refractivity contribution in [3.05, 3.63) is 24.3 Å². The van der Waals surface area contributed by atoms with Crippen LogP contribution in [0.15, 0.2) is 29.2 Å². The molecule has 106 valence electrons. The number of rotatable bonds is 4. The summed E-state index contributed by atoms with van der Waals surface area (Å²) in [5, 5.41) is 0. The number of nitrogens with two attached hydrogens (primary N) is 1. The first-order valence-corrected chi connectivity index (χ1v) is 7.86. The predicted molar refractivity (Wildman–Crippen MR) is 73.6 cm³/mol. The smallest absolute Gasteiger partial charge is 0.243 e. The monoisotopic (exact) mass is 284 g/mol. The van der Waals surface area contributed by atoms with Gasteiger partial charge in [-0.15, -0.1) is 0 Å². The van der Waals surface area contributed by atoms with Gasteiger partial charge >= 0.3 is 0 Å². The van der Waals surface area contributed by atoms with Crippen LogP contribution in [0.25, 0.3) is 0 Å². The van der Waals surface area contributed by atoms with Gasteiger partial charge in [-0.2, -0.15) is 4.31 Å². The van der Waals surface area contributed by atoms with Crippen molar-refractivity contribution in [1.29, 1.82) is 0 Å². The molecule has 0 amide bonds. The molecule has 19 heavy (non-hydrogen) atoms. The van der Waals surface area contributed by atoms with Crippen LogP contribution in [0.1, 0.15) is 20.3 Å². The molecule has 0 saturated carbocycles. The van der Waals surface area contributed by atoms with Crippen molar-refractivity contribution >= 4 is 10.0 Å². The third kappa shape index (κ3) is 3.26.